The van der Waals surface area contributed by atoms with Crippen LogP contribution < -0.4 is 0 Å². The van der Waals surface area contributed by atoms with Gasteiger partial charge < -0.3 is 0 Å². The fourth-order valence-electron chi connectivity index (χ4n) is 5.01. The summed E-state index contributed by atoms with van der Waals surface area (Å²) in [5.41, 5.74) is 3.16. The standard InChI is InChI=1S/C27H21ClN4O5/c28-21-9-2-8-20(15-21)27(33)30-26(19-7-3-11-23(16-19)32(36)37)24-12-4-6-18(25(24)29-30)13-17-5-1-10-22(14-17)31(34)35/h1-3,5,7-11,13-16,24,26H,4,6,12H2/b18-13+. The van der Waals surface area contributed by atoms with E-state index in [1.807, 2.05) is 6.08 Å². The molecular formula is C27H21ClN4O5. The largest absolute Gasteiger partial charge is 0.274 e. The van der Waals surface area contributed by atoms with Crippen molar-refractivity contribution in [2.24, 2.45) is 11.0 Å². The third kappa shape index (κ3) is 4.85. The zero-order valence-corrected chi connectivity index (χ0v) is 20.2. The number of rotatable bonds is 5. The van der Waals surface area contributed by atoms with Crippen LogP contribution in [0, 0.1) is 26.1 Å². The van der Waals surface area contributed by atoms with Crippen molar-refractivity contribution in [3.63, 3.8) is 0 Å². The molecule has 9 nitrogen and oxygen atoms in total. The Morgan fingerprint density at radius 2 is 1.68 bits per heavy atom. The Morgan fingerprint density at radius 1 is 0.973 bits per heavy atom. The van der Waals surface area contributed by atoms with Crippen LogP contribution in [0.5, 0.6) is 0 Å². The van der Waals surface area contributed by atoms with Crippen molar-refractivity contribution in [3.8, 4) is 0 Å². The van der Waals surface area contributed by atoms with Gasteiger partial charge in [-0.3, -0.25) is 25.0 Å². The Morgan fingerprint density at radius 3 is 2.41 bits per heavy atom. The molecule has 1 heterocycles. The van der Waals surface area contributed by atoms with Crippen molar-refractivity contribution < 1.29 is 14.6 Å². The predicted octanol–water partition coefficient (Wildman–Crippen LogP) is 6.59. The monoisotopic (exact) mass is 516 g/mol. The van der Waals surface area contributed by atoms with Gasteiger partial charge in [0, 0.05) is 40.8 Å². The minimum Gasteiger partial charge on any atom is -0.267 e. The second-order valence-corrected chi connectivity index (χ2v) is 9.40. The Balaban J connectivity index is 1.60. The number of amides is 1. The molecule has 186 valence electrons. The minimum atomic E-state index is -0.546. The van der Waals surface area contributed by atoms with E-state index in [0.717, 1.165) is 18.4 Å². The molecule has 0 aromatic heterocycles. The van der Waals surface area contributed by atoms with Gasteiger partial charge in [0.05, 0.1) is 21.6 Å². The molecule has 10 heteroatoms. The van der Waals surface area contributed by atoms with Crippen LogP contribution in [-0.2, 0) is 0 Å². The van der Waals surface area contributed by atoms with Gasteiger partial charge in [0.1, 0.15) is 0 Å². The molecule has 3 aromatic rings. The van der Waals surface area contributed by atoms with Crippen molar-refractivity contribution in [1.29, 1.82) is 0 Å². The third-order valence-electron chi connectivity index (χ3n) is 6.63. The first-order chi connectivity index (χ1) is 17.8. The maximum Gasteiger partial charge on any atom is 0.274 e. The second-order valence-electron chi connectivity index (χ2n) is 8.96. The number of carbonyl (C=O) groups excluding carboxylic acids is 1. The van der Waals surface area contributed by atoms with Gasteiger partial charge in [0.25, 0.3) is 17.3 Å². The van der Waals surface area contributed by atoms with Gasteiger partial charge in [-0.2, -0.15) is 5.10 Å². The zero-order chi connectivity index (χ0) is 26.1. The van der Waals surface area contributed by atoms with Crippen molar-refractivity contribution in [1.82, 2.24) is 5.01 Å². The number of hydrogen-bond acceptors (Lipinski definition) is 6. The number of fused-ring (bicyclic) bond motifs is 1. The number of halogens is 1. The van der Waals surface area contributed by atoms with Gasteiger partial charge in [0.15, 0.2) is 0 Å². The Labute approximate surface area is 217 Å². The third-order valence-corrected chi connectivity index (χ3v) is 6.86. The van der Waals surface area contributed by atoms with Crippen LogP contribution in [0.1, 0.15) is 46.8 Å². The van der Waals surface area contributed by atoms with Gasteiger partial charge in [-0.15, -0.1) is 0 Å². The van der Waals surface area contributed by atoms with E-state index in [9.17, 15) is 25.0 Å². The molecule has 2 atom stereocenters. The number of benzene rings is 3. The van der Waals surface area contributed by atoms with Crippen molar-refractivity contribution in [2.45, 2.75) is 25.3 Å². The molecule has 0 bridgehead atoms. The molecule has 1 saturated carbocycles. The second kappa shape index (κ2) is 9.94. The Bertz CT molecular complexity index is 1480. The first-order valence-electron chi connectivity index (χ1n) is 11.7. The first-order valence-corrected chi connectivity index (χ1v) is 12.1. The highest BCUT2D eigenvalue weighted by Gasteiger charge is 2.44. The lowest BCUT2D eigenvalue weighted by atomic mass is 9.77. The van der Waals surface area contributed by atoms with E-state index in [0.29, 0.717) is 33.8 Å². The molecular weight excluding hydrogens is 496 g/mol. The van der Waals surface area contributed by atoms with Gasteiger partial charge in [-0.1, -0.05) is 41.9 Å². The quantitative estimate of drug-likeness (QED) is 0.280. The Kier molecular flexibility index (Phi) is 6.54. The number of nitro benzene ring substituents is 2. The lowest BCUT2D eigenvalue weighted by Crippen LogP contribution is -2.32. The molecule has 1 fully saturated rings. The van der Waals surface area contributed by atoms with Crippen molar-refractivity contribution >= 4 is 40.7 Å². The molecule has 5 rings (SSSR count). The molecule has 2 unspecified atom stereocenters. The highest BCUT2D eigenvalue weighted by atomic mass is 35.5. The molecule has 0 N–H and O–H groups in total. The molecule has 0 spiro atoms. The summed E-state index contributed by atoms with van der Waals surface area (Å²) in [6, 6.07) is 18.6. The van der Waals surface area contributed by atoms with E-state index in [-0.39, 0.29) is 23.2 Å². The number of allylic oxidation sites excluding steroid dienone is 1. The summed E-state index contributed by atoms with van der Waals surface area (Å²) in [7, 11) is 0. The Hall–Kier alpha value is -4.37. The average molecular weight is 517 g/mol. The van der Waals surface area contributed by atoms with Gasteiger partial charge in [0.2, 0.25) is 0 Å². The summed E-state index contributed by atoms with van der Waals surface area (Å²) in [5.74, 6) is -0.556. The van der Waals surface area contributed by atoms with Crippen LogP contribution in [0.25, 0.3) is 6.08 Å². The van der Waals surface area contributed by atoms with Gasteiger partial charge in [-0.05, 0) is 60.2 Å². The molecule has 1 aliphatic heterocycles. The fourth-order valence-corrected chi connectivity index (χ4v) is 5.20. The molecule has 0 radical (unpaired) electrons. The van der Waals surface area contributed by atoms with Crippen LogP contribution in [-0.4, -0.2) is 26.5 Å². The fraction of sp³-hybridized carbons (Fsp3) is 0.185. The van der Waals surface area contributed by atoms with E-state index < -0.39 is 15.9 Å². The number of hydrazone groups is 1. The maximum absolute atomic E-state index is 13.7. The van der Waals surface area contributed by atoms with Gasteiger partial charge >= 0.3 is 0 Å². The summed E-state index contributed by atoms with van der Waals surface area (Å²) in [4.78, 5) is 35.5. The van der Waals surface area contributed by atoms with Crippen LogP contribution in [0.4, 0.5) is 11.4 Å². The number of carbonyl (C=O) groups is 1. The molecule has 1 amide bonds. The normalized spacial score (nSPS) is 19.9. The number of nitro groups is 2. The minimum absolute atomic E-state index is 0.0118. The molecule has 37 heavy (non-hydrogen) atoms. The predicted molar refractivity (Wildman–Crippen MR) is 139 cm³/mol. The summed E-state index contributed by atoms with van der Waals surface area (Å²) < 4.78 is 0. The highest BCUT2D eigenvalue weighted by Crippen LogP contribution is 2.45. The number of non-ortho nitro benzene ring substituents is 2. The van der Waals surface area contributed by atoms with E-state index in [4.69, 9.17) is 16.7 Å². The lowest BCUT2D eigenvalue weighted by molar-refractivity contribution is -0.385. The number of hydrogen-bond donors (Lipinski definition) is 0. The van der Waals surface area contributed by atoms with Crippen LogP contribution in [0.15, 0.2) is 83.5 Å². The smallest absolute Gasteiger partial charge is 0.267 e. The summed E-state index contributed by atoms with van der Waals surface area (Å²) in [6.45, 7) is 0. The van der Waals surface area contributed by atoms with Crippen LogP contribution >= 0.6 is 11.6 Å². The zero-order valence-electron chi connectivity index (χ0n) is 19.5. The van der Waals surface area contributed by atoms with E-state index in [1.54, 1.807) is 48.5 Å². The lowest BCUT2D eigenvalue weighted by Gasteiger charge is -2.29. The van der Waals surface area contributed by atoms with Crippen molar-refractivity contribution in [2.75, 3.05) is 0 Å². The maximum atomic E-state index is 13.7. The first kappa shape index (κ1) is 24.3. The van der Waals surface area contributed by atoms with Gasteiger partial charge in [-0.25, -0.2) is 5.01 Å². The molecule has 0 saturated heterocycles. The van der Waals surface area contributed by atoms with Crippen molar-refractivity contribution in [3.05, 3.63) is 120 Å². The SMILES string of the molecule is O=C(c1cccc(Cl)c1)N1N=C2/C(=C/c3cccc([N+](=O)[O-])c3)CCCC2C1c1cccc([N+](=O)[O-])c1. The van der Waals surface area contributed by atoms with Crippen LogP contribution in [0.3, 0.4) is 0 Å². The molecule has 1 aliphatic carbocycles. The number of nitrogens with zero attached hydrogens (tertiary/aromatic N) is 4. The average Bonchev–Trinajstić information content (AvgIpc) is 3.29. The van der Waals surface area contributed by atoms with E-state index in [1.165, 1.54) is 29.3 Å². The summed E-state index contributed by atoms with van der Waals surface area (Å²) in [6.07, 6.45) is 4.11. The molecule has 2 aliphatic rings. The summed E-state index contributed by atoms with van der Waals surface area (Å²) >= 11 is 6.14. The van der Waals surface area contributed by atoms with Crippen LogP contribution in [0.2, 0.25) is 5.02 Å². The topological polar surface area (TPSA) is 119 Å². The van der Waals surface area contributed by atoms with E-state index >= 15 is 0 Å². The van der Waals surface area contributed by atoms with E-state index in [2.05, 4.69) is 0 Å². The molecule has 3 aromatic carbocycles. The highest BCUT2D eigenvalue weighted by molar-refractivity contribution is 6.31. The summed E-state index contributed by atoms with van der Waals surface area (Å²) in [5, 5.41) is 29.3.